The summed E-state index contributed by atoms with van der Waals surface area (Å²) >= 11 is 0. The van der Waals surface area contributed by atoms with Gasteiger partial charge >= 0.3 is 0 Å². The van der Waals surface area contributed by atoms with Crippen LogP contribution in [0.4, 0.5) is 0 Å². The van der Waals surface area contributed by atoms with E-state index >= 15 is 0 Å². The summed E-state index contributed by atoms with van der Waals surface area (Å²) in [7, 11) is 0. The first-order valence-corrected chi connectivity index (χ1v) is 6.81. The second-order valence-corrected chi connectivity index (χ2v) is 5.34. The average molecular weight is 276 g/mol. The molecule has 0 radical (unpaired) electrons. The van der Waals surface area contributed by atoms with E-state index in [4.69, 9.17) is 11.5 Å². The van der Waals surface area contributed by atoms with E-state index in [1.54, 1.807) is 18.3 Å². The van der Waals surface area contributed by atoms with Crippen molar-refractivity contribution >= 4 is 11.8 Å². The Morgan fingerprint density at radius 2 is 2.15 bits per heavy atom. The van der Waals surface area contributed by atoms with Gasteiger partial charge in [0, 0.05) is 25.2 Å². The quantitative estimate of drug-likeness (QED) is 0.718. The number of nitrogens with two attached hydrogens (primary N) is 2. The van der Waals surface area contributed by atoms with Gasteiger partial charge in [0.15, 0.2) is 0 Å². The molecule has 0 aromatic carbocycles. The standard InChI is InChI=1S/C14H20N4O2/c15-11-3-1-9(5-11)6-13(19)18-8-10-2-4-12(14(16)20)17-7-10/h2,4,7,9,11H,1,3,5-6,8,15H2,(H2,16,20)(H,18,19)/t9-,11+/m1/s1. The number of rotatable bonds is 5. The van der Waals surface area contributed by atoms with Crippen LogP contribution in [0.2, 0.25) is 0 Å². The Labute approximate surface area is 117 Å². The average Bonchev–Trinajstić information content (AvgIpc) is 2.82. The van der Waals surface area contributed by atoms with Crippen molar-refractivity contribution in [2.75, 3.05) is 0 Å². The summed E-state index contributed by atoms with van der Waals surface area (Å²) in [5.41, 5.74) is 12.0. The normalized spacial score (nSPS) is 21.6. The van der Waals surface area contributed by atoms with Gasteiger partial charge in [0.25, 0.3) is 5.91 Å². The first-order valence-electron chi connectivity index (χ1n) is 6.81. The smallest absolute Gasteiger partial charge is 0.267 e. The Morgan fingerprint density at radius 3 is 2.70 bits per heavy atom. The van der Waals surface area contributed by atoms with E-state index in [1.165, 1.54) is 0 Å². The summed E-state index contributed by atoms with van der Waals surface area (Å²) in [6, 6.07) is 3.54. The molecule has 0 bridgehead atoms. The SMILES string of the molecule is NC(=O)c1ccc(CNC(=O)C[C@@H]2CC[C@H](N)C2)cn1. The summed E-state index contributed by atoms with van der Waals surface area (Å²) in [5, 5.41) is 2.85. The molecular formula is C14H20N4O2. The third-order valence-corrected chi connectivity index (χ3v) is 3.62. The molecule has 1 fully saturated rings. The number of amides is 2. The number of hydrogen-bond acceptors (Lipinski definition) is 4. The van der Waals surface area contributed by atoms with Gasteiger partial charge in [-0.15, -0.1) is 0 Å². The predicted molar refractivity (Wildman–Crippen MR) is 74.5 cm³/mol. The van der Waals surface area contributed by atoms with Crippen molar-refractivity contribution in [3.63, 3.8) is 0 Å². The summed E-state index contributed by atoms with van der Waals surface area (Å²) in [5.74, 6) is -0.124. The lowest BCUT2D eigenvalue weighted by Crippen LogP contribution is -2.25. The molecule has 2 rings (SSSR count). The molecule has 20 heavy (non-hydrogen) atoms. The number of carbonyl (C=O) groups is 2. The molecular weight excluding hydrogens is 256 g/mol. The van der Waals surface area contributed by atoms with Crippen LogP contribution >= 0.6 is 0 Å². The Bertz CT molecular complexity index is 486. The zero-order valence-corrected chi connectivity index (χ0v) is 11.3. The lowest BCUT2D eigenvalue weighted by molar-refractivity contribution is -0.122. The van der Waals surface area contributed by atoms with E-state index in [-0.39, 0.29) is 17.6 Å². The second-order valence-electron chi connectivity index (χ2n) is 5.34. The summed E-state index contributed by atoms with van der Waals surface area (Å²) < 4.78 is 0. The van der Waals surface area contributed by atoms with Crippen LogP contribution in [-0.2, 0) is 11.3 Å². The Balaban J connectivity index is 1.76. The van der Waals surface area contributed by atoms with Crippen LogP contribution in [0.5, 0.6) is 0 Å². The van der Waals surface area contributed by atoms with E-state index in [9.17, 15) is 9.59 Å². The molecule has 5 N–H and O–H groups in total. The summed E-state index contributed by atoms with van der Waals surface area (Å²) in [6.45, 7) is 0.406. The van der Waals surface area contributed by atoms with Gasteiger partial charge in [-0.3, -0.25) is 14.6 Å². The van der Waals surface area contributed by atoms with Crippen molar-refractivity contribution in [3.8, 4) is 0 Å². The van der Waals surface area contributed by atoms with Gasteiger partial charge in [-0.05, 0) is 36.8 Å². The summed E-state index contributed by atoms with van der Waals surface area (Å²) in [4.78, 5) is 26.6. The predicted octanol–water partition coefficient (Wildman–Crippen LogP) is 0.314. The summed E-state index contributed by atoms with van der Waals surface area (Å²) in [6.07, 6.45) is 5.05. The Hall–Kier alpha value is -1.95. The number of hydrogen-bond donors (Lipinski definition) is 3. The number of carbonyl (C=O) groups excluding carboxylic acids is 2. The molecule has 2 amide bonds. The molecule has 1 aromatic rings. The van der Waals surface area contributed by atoms with Gasteiger partial charge in [0.05, 0.1) is 0 Å². The highest BCUT2D eigenvalue weighted by Crippen LogP contribution is 2.26. The highest BCUT2D eigenvalue weighted by molar-refractivity contribution is 5.90. The molecule has 0 saturated heterocycles. The van der Waals surface area contributed by atoms with Gasteiger partial charge in [-0.25, -0.2) is 0 Å². The second kappa shape index (κ2) is 6.47. The molecule has 1 heterocycles. The van der Waals surface area contributed by atoms with Crippen LogP contribution in [-0.4, -0.2) is 22.8 Å². The minimum atomic E-state index is -0.557. The maximum absolute atomic E-state index is 11.8. The lowest BCUT2D eigenvalue weighted by Gasteiger charge is -2.10. The highest BCUT2D eigenvalue weighted by Gasteiger charge is 2.23. The fourth-order valence-corrected chi connectivity index (χ4v) is 2.51. The minimum Gasteiger partial charge on any atom is -0.364 e. The van der Waals surface area contributed by atoms with Crippen LogP contribution in [0.1, 0.15) is 41.7 Å². The topological polar surface area (TPSA) is 111 Å². The maximum Gasteiger partial charge on any atom is 0.267 e. The van der Waals surface area contributed by atoms with Gasteiger partial charge < -0.3 is 16.8 Å². The van der Waals surface area contributed by atoms with Gasteiger partial charge in [-0.1, -0.05) is 6.07 Å². The van der Waals surface area contributed by atoms with Crippen molar-refractivity contribution in [1.29, 1.82) is 0 Å². The van der Waals surface area contributed by atoms with Gasteiger partial charge in [-0.2, -0.15) is 0 Å². The molecule has 6 nitrogen and oxygen atoms in total. The van der Waals surface area contributed by atoms with E-state index in [0.717, 1.165) is 24.8 Å². The monoisotopic (exact) mass is 276 g/mol. The fourth-order valence-electron chi connectivity index (χ4n) is 2.51. The van der Waals surface area contributed by atoms with E-state index < -0.39 is 5.91 Å². The van der Waals surface area contributed by atoms with Crippen LogP contribution in [0.25, 0.3) is 0 Å². The molecule has 1 aliphatic rings. The molecule has 0 spiro atoms. The number of nitrogens with zero attached hydrogens (tertiary/aromatic N) is 1. The van der Waals surface area contributed by atoms with Gasteiger partial charge in [0.1, 0.15) is 5.69 Å². The molecule has 2 atom stereocenters. The molecule has 0 unspecified atom stereocenters. The number of aromatic nitrogens is 1. The van der Waals surface area contributed by atoms with Crippen molar-refractivity contribution in [1.82, 2.24) is 10.3 Å². The van der Waals surface area contributed by atoms with E-state index in [2.05, 4.69) is 10.3 Å². The number of pyridine rings is 1. The maximum atomic E-state index is 11.8. The Morgan fingerprint density at radius 1 is 1.35 bits per heavy atom. The molecule has 1 aromatic heterocycles. The number of primary amides is 1. The molecule has 1 saturated carbocycles. The molecule has 6 heteroatoms. The van der Waals surface area contributed by atoms with Crippen molar-refractivity contribution in [3.05, 3.63) is 29.6 Å². The fraction of sp³-hybridized carbons (Fsp3) is 0.500. The number of nitrogens with one attached hydrogen (secondary N) is 1. The minimum absolute atomic E-state index is 0.0306. The highest BCUT2D eigenvalue weighted by atomic mass is 16.2. The largest absolute Gasteiger partial charge is 0.364 e. The third kappa shape index (κ3) is 4.03. The third-order valence-electron chi connectivity index (χ3n) is 3.62. The Kier molecular flexibility index (Phi) is 4.68. The first-order chi connectivity index (χ1) is 9.54. The lowest BCUT2D eigenvalue weighted by atomic mass is 10.0. The van der Waals surface area contributed by atoms with Crippen LogP contribution in [0.3, 0.4) is 0 Å². The van der Waals surface area contributed by atoms with Crippen LogP contribution in [0.15, 0.2) is 18.3 Å². The molecule has 1 aliphatic carbocycles. The molecule has 0 aliphatic heterocycles. The zero-order valence-electron chi connectivity index (χ0n) is 11.3. The van der Waals surface area contributed by atoms with Crippen LogP contribution < -0.4 is 16.8 Å². The zero-order chi connectivity index (χ0) is 14.5. The van der Waals surface area contributed by atoms with Crippen molar-refractivity contribution in [2.45, 2.75) is 38.3 Å². The van der Waals surface area contributed by atoms with Crippen LogP contribution in [0, 0.1) is 5.92 Å². The first kappa shape index (κ1) is 14.5. The molecule has 108 valence electrons. The van der Waals surface area contributed by atoms with E-state index in [0.29, 0.717) is 18.9 Å². The van der Waals surface area contributed by atoms with Crippen molar-refractivity contribution in [2.24, 2.45) is 17.4 Å². The van der Waals surface area contributed by atoms with E-state index in [1.807, 2.05) is 0 Å². The van der Waals surface area contributed by atoms with Crippen molar-refractivity contribution < 1.29 is 9.59 Å². The van der Waals surface area contributed by atoms with Gasteiger partial charge in [0.2, 0.25) is 5.91 Å².